The van der Waals surface area contributed by atoms with Crippen molar-refractivity contribution >= 4 is 34.0 Å². The Kier molecular flexibility index (Phi) is 6.52. The fourth-order valence-corrected chi connectivity index (χ4v) is 5.95. The Morgan fingerprint density at radius 1 is 1.08 bits per heavy atom. The molecule has 1 aliphatic rings. The minimum Gasteiger partial charge on any atom is -0.494 e. The Balaban J connectivity index is 1.77. The SMILES string of the molecule is C=C(OCC)C1=C(C)N=c2s/c(=C\c3ccc(C(C)=O)cc3)c(=O)n2C1c1ccc(C)c2ccccc12. The lowest BCUT2D eigenvalue weighted by Crippen LogP contribution is -2.38. The largest absolute Gasteiger partial charge is 0.494 e. The molecule has 0 aliphatic carbocycles. The quantitative estimate of drug-likeness (QED) is 0.257. The number of nitrogens with zero attached hydrogens (tertiary/aromatic N) is 2. The minimum atomic E-state index is -0.428. The lowest BCUT2D eigenvalue weighted by atomic mass is 9.89. The van der Waals surface area contributed by atoms with Crippen molar-refractivity contribution in [1.29, 1.82) is 0 Å². The number of benzene rings is 3. The molecule has 37 heavy (non-hydrogen) atoms. The number of ketones is 1. The van der Waals surface area contributed by atoms with Crippen LogP contribution in [0.4, 0.5) is 0 Å². The molecule has 3 aromatic carbocycles. The topological polar surface area (TPSA) is 60.7 Å². The molecule has 0 fully saturated rings. The normalized spacial score (nSPS) is 15.5. The molecule has 186 valence electrons. The monoisotopic (exact) mass is 508 g/mol. The Labute approximate surface area is 219 Å². The van der Waals surface area contributed by atoms with Crippen molar-refractivity contribution in [2.75, 3.05) is 6.61 Å². The molecule has 5 nitrogen and oxygen atoms in total. The lowest BCUT2D eigenvalue weighted by Gasteiger charge is -2.28. The molecule has 0 spiro atoms. The molecule has 1 unspecified atom stereocenters. The molecular weight excluding hydrogens is 480 g/mol. The van der Waals surface area contributed by atoms with Gasteiger partial charge in [0.1, 0.15) is 5.76 Å². The second-order valence-corrected chi connectivity index (χ2v) is 10.1. The van der Waals surface area contributed by atoms with E-state index < -0.39 is 6.04 Å². The fraction of sp³-hybridized carbons (Fsp3) is 0.194. The molecule has 0 saturated carbocycles. The van der Waals surface area contributed by atoms with Crippen molar-refractivity contribution in [1.82, 2.24) is 4.57 Å². The second-order valence-electron chi connectivity index (χ2n) is 9.13. The first kappa shape index (κ1) is 24.7. The molecule has 0 N–H and O–H groups in total. The van der Waals surface area contributed by atoms with Gasteiger partial charge >= 0.3 is 0 Å². The number of fused-ring (bicyclic) bond motifs is 2. The maximum absolute atomic E-state index is 13.9. The van der Waals surface area contributed by atoms with Crippen molar-refractivity contribution in [3.05, 3.63) is 126 Å². The van der Waals surface area contributed by atoms with E-state index in [1.807, 2.05) is 44.2 Å². The van der Waals surface area contributed by atoms with E-state index in [0.29, 0.717) is 27.3 Å². The number of hydrogen-bond acceptors (Lipinski definition) is 5. The van der Waals surface area contributed by atoms with Gasteiger partial charge in [-0.1, -0.05) is 78.6 Å². The van der Waals surface area contributed by atoms with Crippen LogP contribution >= 0.6 is 11.3 Å². The number of aromatic nitrogens is 1. The van der Waals surface area contributed by atoms with Gasteiger partial charge in [-0.3, -0.25) is 14.2 Å². The van der Waals surface area contributed by atoms with Crippen LogP contribution in [0, 0.1) is 6.92 Å². The van der Waals surface area contributed by atoms with Crippen LogP contribution in [-0.4, -0.2) is 17.0 Å². The van der Waals surface area contributed by atoms with Crippen molar-refractivity contribution in [2.45, 2.75) is 33.7 Å². The third-order valence-corrected chi connectivity index (χ3v) is 7.71. The summed E-state index contributed by atoms with van der Waals surface area (Å²) < 4.78 is 8.21. The summed E-state index contributed by atoms with van der Waals surface area (Å²) in [7, 11) is 0. The van der Waals surface area contributed by atoms with E-state index in [1.54, 1.807) is 16.7 Å². The van der Waals surface area contributed by atoms with Crippen molar-refractivity contribution in [3.63, 3.8) is 0 Å². The predicted molar refractivity (Wildman–Crippen MR) is 150 cm³/mol. The smallest absolute Gasteiger partial charge is 0.271 e. The van der Waals surface area contributed by atoms with Crippen LogP contribution in [0.25, 0.3) is 16.8 Å². The van der Waals surface area contributed by atoms with E-state index in [4.69, 9.17) is 9.73 Å². The second kappa shape index (κ2) is 9.79. The minimum absolute atomic E-state index is 0.00813. The summed E-state index contributed by atoms with van der Waals surface area (Å²) in [4.78, 5) is 31.1. The summed E-state index contributed by atoms with van der Waals surface area (Å²) in [5.41, 5.74) is 5.13. The maximum Gasteiger partial charge on any atom is 0.271 e. The van der Waals surface area contributed by atoms with Gasteiger partial charge in [-0.15, -0.1) is 0 Å². The molecule has 2 heterocycles. The zero-order valence-electron chi connectivity index (χ0n) is 21.4. The Bertz CT molecular complexity index is 1770. The third-order valence-electron chi connectivity index (χ3n) is 6.73. The van der Waals surface area contributed by atoms with E-state index in [0.717, 1.165) is 33.2 Å². The van der Waals surface area contributed by atoms with Gasteiger partial charge in [0.15, 0.2) is 10.6 Å². The number of rotatable bonds is 6. The van der Waals surface area contributed by atoms with Crippen LogP contribution < -0.4 is 14.9 Å². The van der Waals surface area contributed by atoms with Crippen LogP contribution in [-0.2, 0) is 4.74 Å². The van der Waals surface area contributed by atoms with E-state index in [1.165, 1.54) is 23.8 Å². The van der Waals surface area contributed by atoms with Crippen molar-refractivity contribution in [2.24, 2.45) is 4.99 Å². The number of carbonyl (C=O) groups excluding carboxylic acids is 1. The molecule has 1 atom stereocenters. The fourth-order valence-electron chi connectivity index (χ4n) is 4.90. The van der Waals surface area contributed by atoms with Crippen molar-refractivity contribution in [3.8, 4) is 0 Å². The highest BCUT2D eigenvalue weighted by atomic mass is 32.1. The van der Waals surface area contributed by atoms with E-state index in [9.17, 15) is 9.59 Å². The average molecular weight is 509 g/mol. The van der Waals surface area contributed by atoms with Crippen molar-refractivity contribution < 1.29 is 9.53 Å². The van der Waals surface area contributed by atoms with Crippen LogP contribution in [0.2, 0.25) is 0 Å². The first-order valence-electron chi connectivity index (χ1n) is 12.2. The first-order valence-corrected chi connectivity index (χ1v) is 13.1. The molecule has 5 rings (SSSR count). The zero-order valence-corrected chi connectivity index (χ0v) is 22.2. The summed E-state index contributed by atoms with van der Waals surface area (Å²) in [6.45, 7) is 12.2. The molecule has 0 saturated heterocycles. The van der Waals surface area contributed by atoms with Gasteiger partial charge < -0.3 is 4.74 Å². The van der Waals surface area contributed by atoms with Gasteiger partial charge in [0, 0.05) is 16.8 Å². The summed E-state index contributed by atoms with van der Waals surface area (Å²) in [5, 5.41) is 2.22. The van der Waals surface area contributed by atoms with Crippen LogP contribution in [0.15, 0.2) is 94.1 Å². The highest BCUT2D eigenvalue weighted by Crippen LogP contribution is 2.38. The standard InChI is InChI=1S/C31H28N2O3S/c1-6-36-21(5)28-19(3)32-31-33(29(28)26-16-11-18(2)24-9-7-8-10-25(24)26)30(35)27(37-31)17-22-12-14-23(15-13-22)20(4)34/h7-17,29H,5-6H2,1-4H3/b27-17-. The summed E-state index contributed by atoms with van der Waals surface area (Å²) in [6, 6.07) is 19.3. The predicted octanol–water partition coefficient (Wildman–Crippen LogP) is 5.45. The highest BCUT2D eigenvalue weighted by Gasteiger charge is 2.31. The van der Waals surface area contributed by atoms with E-state index >= 15 is 0 Å². The molecule has 6 heteroatoms. The maximum atomic E-state index is 13.9. The molecule has 1 aromatic heterocycles. The van der Waals surface area contributed by atoms with Gasteiger partial charge in [-0.2, -0.15) is 0 Å². The van der Waals surface area contributed by atoms with E-state index in [-0.39, 0.29) is 11.3 Å². The summed E-state index contributed by atoms with van der Waals surface area (Å²) in [6.07, 6.45) is 1.86. The number of allylic oxidation sites excluding steroid dienone is 2. The summed E-state index contributed by atoms with van der Waals surface area (Å²) >= 11 is 1.36. The van der Waals surface area contributed by atoms with Crippen LogP contribution in [0.5, 0.6) is 0 Å². The van der Waals surface area contributed by atoms with Gasteiger partial charge in [0.25, 0.3) is 5.56 Å². The number of carbonyl (C=O) groups is 1. The number of Topliss-reactive ketones (excluding diaryl/α,β-unsaturated/α-hetero) is 1. The number of thiazole rings is 1. The zero-order chi connectivity index (χ0) is 26.3. The first-order chi connectivity index (χ1) is 17.8. The molecule has 0 amide bonds. The molecule has 4 aromatic rings. The van der Waals surface area contributed by atoms with Crippen LogP contribution in [0.3, 0.4) is 0 Å². The molecule has 0 radical (unpaired) electrons. The molecule has 1 aliphatic heterocycles. The lowest BCUT2D eigenvalue weighted by molar-refractivity contribution is 0.101. The van der Waals surface area contributed by atoms with E-state index in [2.05, 4.69) is 37.8 Å². The van der Waals surface area contributed by atoms with Crippen LogP contribution in [0.1, 0.15) is 53.9 Å². The van der Waals surface area contributed by atoms with Gasteiger partial charge in [-0.05, 0) is 61.2 Å². The molecular formula is C31H28N2O3S. The number of aryl methyl sites for hydroxylation is 1. The summed E-state index contributed by atoms with van der Waals surface area (Å²) in [5.74, 6) is 0.529. The highest BCUT2D eigenvalue weighted by molar-refractivity contribution is 7.07. The van der Waals surface area contributed by atoms with Gasteiger partial charge in [0.05, 0.1) is 17.2 Å². The Morgan fingerprint density at radius 2 is 1.78 bits per heavy atom. The van der Waals surface area contributed by atoms with Gasteiger partial charge in [-0.25, -0.2) is 4.99 Å². The average Bonchev–Trinajstić information content (AvgIpc) is 3.18. The number of hydrogen-bond donors (Lipinski definition) is 0. The van der Waals surface area contributed by atoms with Gasteiger partial charge in [0.2, 0.25) is 0 Å². The third kappa shape index (κ3) is 4.38. The Hall–Kier alpha value is -4.03. The molecule has 0 bridgehead atoms. The number of ether oxygens (including phenoxy) is 1. The Morgan fingerprint density at radius 3 is 2.46 bits per heavy atom.